The fourth-order valence-electron chi connectivity index (χ4n) is 3.60. The molecule has 0 unspecified atom stereocenters. The molecule has 4 rings (SSSR count). The van der Waals surface area contributed by atoms with Gasteiger partial charge in [-0.25, -0.2) is 9.69 Å². The molecule has 2 heterocycles. The molecule has 11 heteroatoms. The number of barbiturate groups is 1. The Morgan fingerprint density at radius 1 is 1.20 bits per heavy atom. The quantitative estimate of drug-likeness (QED) is 0.332. The number of hydrogen-bond acceptors (Lipinski definition) is 9. The molecule has 1 fully saturated rings. The Hall–Kier alpha value is -4.80. The maximum Gasteiger partial charge on any atom is 0.335 e. The van der Waals surface area contributed by atoms with Crippen LogP contribution in [-0.2, 0) is 20.8 Å². The van der Waals surface area contributed by atoms with Crippen LogP contribution in [-0.4, -0.2) is 44.3 Å². The third-order valence-corrected chi connectivity index (χ3v) is 5.10. The van der Waals surface area contributed by atoms with Gasteiger partial charge in [0.25, 0.3) is 11.8 Å². The summed E-state index contributed by atoms with van der Waals surface area (Å²) in [5, 5.41) is 13.0. The molecular weight excluding hydrogens is 460 g/mol. The molecule has 4 amide bonds. The van der Waals surface area contributed by atoms with Crippen molar-refractivity contribution >= 4 is 35.6 Å². The summed E-state index contributed by atoms with van der Waals surface area (Å²) in [4.78, 5) is 49.9. The van der Waals surface area contributed by atoms with Crippen LogP contribution in [0.5, 0.6) is 23.0 Å². The topological polar surface area (TPSA) is 144 Å². The van der Waals surface area contributed by atoms with Gasteiger partial charge in [-0.3, -0.25) is 14.9 Å². The summed E-state index contributed by atoms with van der Waals surface area (Å²) in [6.07, 6.45) is 3.13. The van der Waals surface area contributed by atoms with Crippen LogP contribution in [0.4, 0.5) is 10.5 Å². The maximum absolute atomic E-state index is 13.2. The Balaban J connectivity index is 1.73. The molecule has 0 saturated carbocycles. The average Bonchev–Trinajstić information content (AvgIpc) is 3.28. The Kier molecular flexibility index (Phi) is 6.40. The van der Waals surface area contributed by atoms with Crippen LogP contribution >= 0.6 is 0 Å². The van der Waals surface area contributed by atoms with E-state index in [-0.39, 0.29) is 36.0 Å². The molecule has 2 aromatic rings. The number of carbonyl (C=O) groups excluding carboxylic acids is 4. The van der Waals surface area contributed by atoms with Gasteiger partial charge in [-0.2, -0.15) is 0 Å². The minimum atomic E-state index is -1.42. The number of anilines is 1. The van der Waals surface area contributed by atoms with Gasteiger partial charge in [0.05, 0.1) is 18.8 Å². The second-order valence-corrected chi connectivity index (χ2v) is 7.36. The first kappa shape index (κ1) is 23.4. The van der Waals surface area contributed by atoms with Crippen molar-refractivity contribution in [3.05, 3.63) is 59.7 Å². The zero-order chi connectivity index (χ0) is 25.1. The molecule has 0 radical (unpaired) electrons. The number of methoxy groups -OCH3 is 1. The van der Waals surface area contributed by atoms with Crippen molar-refractivity contribution < 1.29 is 43.2 Å². The minimum Gasteiger partial charge on any atom is -0.546 e. The summed E-state index contributed by atoms with van der Waals surface area (Å²) < 4.78 is 21.2. The highest BCUT2D eigenvalue weighted by Gasteiger charge is 2.37. The summed E-state index contributed by atoms with van der Waals surface area (Å²) in [7, 11) is 1.36. The molecule has 0 atom stereocenters. The lowest BCUT2D eigenvalue weighted by Crippen LogP contribution is -2.54. The van der Waals surface area contributed by atoms with Gasteiger partial charge in [0.15, 0.2) is 23.0 Å². The van der Waals surface area contributed by atoms with E-state index in [2.05, 4.69) is 11.9 Å². The number of fused-ring (bicyclic) bond motifs is 1. The molecule has 0 bridgehead atoms. The van der Waals surface area contributed by atoms with Crippen molar-refractivity contribution in [3.63, 3.8) is 0 Å². The number of nitrogens with one attached hydrogen (secondary N) is 1. The van der Waals surface area contributed by atoms with E-state index in [1.165, 1.54) is 31.4 Å². The number of ether oxygens (including phenoxy) is 4. The van der Waals surface area contributed by atoms with Crippen LogP contribution in [0.2, 0.25) is 0 Å². The predicted octanol–water partition coefficient (Wildman–Crippen LogP) is 0.947. The Morgan fingerprint density at radius 2 is 1.97 bits per heavy atom. The highest BCUT2D eigenvalue weighted by atomic mass is 16.7. The average molecular weight is 479 g/mol. The number of nitrogens with zero attached hydrogens (tertiary/aromatic N) is 1. The first-order chi connectivity index (χ1) is 16.8. The van der Waals surface area contributed by atoms with Crippen molar-refractivity contribution in [2.45, 2.75) is 6.42 Å². The molecule has 11 nitrogen and oxygen atoms in total. The molecule has 1 saturated heterocycles. The second-order valence-electron chi connectivity index (χ2n) is 7.36. The number of imide groups is 2. The van der Waals surface area contributed by atoms with E-state index < -0.39 is 30.4 Å². The predicted molar refractivity (Wildman–Crippen MR) is 119 cm³/mol. The highest BCUT2D eigenvalue weighted by molar-refractivity contribution is 6.39. The minimum absolute atomic E-state index is 0.0140. The highest BCUT2D eigenvalue weighted by Crippen LogP contribution is 2.37. The van der Waals surface area contributed by atoms with E-state index in [0.29, 0.717) is 22.6 Å². The van der Waals surface area contributed by atoms with E-state index in [4.69, 9.17) is 18.9 Å². The number of carbonyl (C=O) groups is 4. The van der Waals surface area contributed by atoms with Gasteiger partial charge < -0.3 is 28.8 Å². The number of hydrogen-bond donors (Lipinski definition) is 1. The third-order valence-electron chi connectivity index (χ3n) is 5.10. The van der Waals surface area contributed by atoms with Gasteiger partial charge >= 0.3 is 6.03 Å². The lowest BCUT2D eigenvalue weighted by molar-refractivity contribution is -0.307. The molecule has 2 aliphatic heterocycles. The third kappa shape index (κ3) is 4.64. The zero-order valence-corrected chi connectivity index (χ0v) is 18.5. The van der Waals surface area contributed by atoms with Crippen LogP contribution in [0, 0.1) is 0 Å². The summed E-state index contributed by atoms with van der Waals surface area (Å²) in [5.41, 5.74) is 0.751. The van der Waals surface area contributed by atoms with Gasteiger partial charge in [-0.15, -0.1) is 6.58 Å². The van der Waals surface area contributed by atoms with Gasteiger partial charge in [0, 0.05) is 11.6 Å². The fourth-order valence-corrected chi connectivity index (χ4v) is 3.60. The van der Waals surface area contributed by atoms with Crippen molar-refractivity contribution in [1.29, 1.82) is 0 Å². The molecule has 35 heavy (non-hydrogen) atoms. The van der Waals surface area contributed by atoms with E-state index >= 15 is 0 Å². The number of allylic oxidation sites excluding steroid dienone is 1. The summed E-state index contributed by atoms with van der Waals surface area (Å²) >= 11 is 0. The smallest absolute Gasteiger partial charge is 0.335 e. The van der Waals surface area contributed by atoms with Crippen LogP contribution in [0.15, 0.2) is 48.6 Å². The first-order valence-corrected chi connectivity index (χ1v) is 10.3. The lowest BCUT2D eigenvalue weighted by Gasteiger charge is -2.26. The maximum atomic E-state index is 13.2. The molecule has 0 aliphatic carbocycles. The number of amides is 4. The van der Waals surface area contributed by atoms with Crippen molar-refractivity contribution in [3.8, 4) is 23.0 Å². The van der Waals surface area contributed by atoms with Crippen molar-refractivity contribution in [2.24, 2.45) is 0 Å². The van der Waals surface area contributed by atoms with Gasteiger partial charge in [-0.05, 0) is 42.3 Å². The molecule has 180 valence electrons. The van der Waals surface area contributed by atoms with Crippen molar-refractivity contribution in [1.82, 2.24) is 5.32 Å². The van der Waals surface area contributed by atoms with E-state index in [0.717, 1.165) is 4.90 Å². The Morgan fingerprint density at radius 3 is 2.69 bits per heavy atom. The van der Waals surface area contributed by atoms with Gasteiger partial charge in [0.2, 0.25) is 6.79 Å². The Bertz CT molecular complexity index is 1280. The van der Waals surface area contributed by atoms with E-state index in [1.807, 2.05) is 0 Å². The second kappa shape index (κ2) is 9.59. The normalized spacial score (nSPS) is 15.7. The number of benzene rings is 2. The first-order valence-electron chi connectivity index (χ1n) is 10.3. The summed E-state index contributed by atoms with van der Waals surface area (Å²) in [6.45, 7) is 2.99. The number of carboxylic acid groups (broad SMARTS) is 1. The summed E-state index contributed by atoms with van der Waals surface area (Å²) in [5.74, 6) is -1.98. The SMILES string of the molecule is C=CCc1cc(/C=C2\C(=O)NC(=O)N(c3ccc4c(c3)OCO4)C2=O)cc(OC)c1OCC(=O)[O-]. The van der Waals surface area contributed by atoms with Crippen molar-refractivity contribution in [2.75, 3.05) is 25.4 Å². The van der Waals surface area contributed by atoms with Gasteiger partial charge in [0.1, 0.15) is 12.2 Å². The van der Waals surface area contributed by atoms with Crippen LogP contribution in [0.25, 0.3) is 6.08 Å². The number of rotatable bonds is 8. The fraction of sp³-hybridized carbons (Fsp3) is 0.167. The molecule has 1 N–H and O–H groups in total. The summed E-state index contributed by atoms with van der Waals surface area (Å²) in [6, 6.07) is 6.65. The van der Waals surface area contributed by atoms with Gasteiger partial charge in [-0.1, -0.05) is 6.08 Å². The number of carboxylic acids is 1. The number of urea groups is 1. The molecule has 0 aromatic heterocycles. The number of aliphatic carboxylic acids is 1. The van der Waals surface area contributed by atoms with E-state index in [1.54, 1.807) is 18.2 Å². The van der Waals surface area contributed by atoms with Crippen LogP contribution in [0.1, 0.15) is 11.1 Å². The van der Waals surface area contributed by atoms with Crippen LogP contribution < -0.4 is 34.3 Å². The molecular formula is C24H19N2O9-. The monoisotopic (exact) mass is 479 g/mol. The van der Waals surface area contributed by atoms with E-state index in [9.17, 15) is 24.3 Å². The molecule has 2 aromatic carbocycles. The lowest BCUT2D eigenvalue weighted by atomic mass is 10.0. The molecule has 0 spiro atoms. The standard InChI is InChI=1S/C24H20N2O9/c1-3-4-14-7-13(9-19(32-2)21(14)33-11-20(27)28)8-16-22(29)25-24(31)26(23(16)30)15-5-6-17-18(10-15)35-12-34-17/h3,5-10H,1,4,11-12H2,2H3,(H,27,28)(H,25,29,31)/p-1/b16-8+. The Labute approximate surface area is 199 Å². The zero-order valence-electron chi connectivity index (χ0n) is 18.5. The largest absolute Gasteiger partial charge is 0.546 e. The van der Waals surface area contributed by atoms with Crippen LogP contribution in [0.3, 0.4) is 0 Å². The molecule has 2 aliphatic rings.